The number of carbonyl (C=O) groups is 1. The smallest absolute Gasteiger partial charge is 0.364 e. The molecular formula is C22H24F3N5O. The maximum absolute atomic E-state index is 13.3. The predicted octanol–water partition coefficient (Wildman–Crippen LogP) is 2.89. The molecule has 0 radical (unpaired) electrons. The van der Waals surface area contributed by atoms with E-state index < -0.39 is 17.7 Å². The number of anilines is 2. The Balaban J connectivity index is 1.45. The van der Waals surface area contributed by atoms with Crippen LogP contribution in [0.1, 0.15) is 24.0 Å². The van der Waals surface area contributed by atoms with Crippen LogP contribution in [0.2, 0.25) is 0 Å². The number of amides is 1. The maximum atomic E-state index is 13.3. The molecular weight excluding hydrogens is 407 g/mol. The number of fused-ring (bicyclic) bond motifs is 3. The van der Waals surface area contributed by atoms with Crippen LogP contribution in [0.3, 0.4) is 0 Å². The van der Waals surface area contributed by atoms with Crippen molar-refractivity contribution in [3.63, 3.8) is 0 Å². The van der Waals surface area contributed by atoms with Crippen LogP contribution >= 0.6 is 0 Å². The lowest BCUT2D eigenvalue weighted by Gasteiger charge is -2.49. The molecule has 3 aliphatic rings. The lowest BCUT2D eigenvalue weighted by molar-refractivity contribution is -0.137. The highest BCUT2D eigenvalue weighted by molar-refractivity contribution is 5.82. The van der Waals surface area contributed by atoms with Crippen LogP contribution in [0.5, 0.6) is 0 Å². The van der Waals surface area contributed by atoms with Crippen LogP contribution in [0.15, 0.2) is 36.7 Å². The van der Waals surface area contributed by atoms with Crippen LogP contribution in [0.4, 0.5) is 24.8 Å². The third kappa shape index (κ3) is 4.05. The zero-order valence-electron chi connectivity index (χ0n) is 17.0. The van der Waals surface area contributed by atoms with E-state index >= 15 is 0 Å². The van der Waals surface area contributed by atoms with Gasteiger partial charge in [-0.15, -0.1) is 0 Å². The number of piperazine rings is 1. The molecule has 9 heteroatoms. The average molecular weight is 431 g/mol. The second-order valence-corrected chi connectivity index (χ2v) is 8.60. The van der Waals surface area contributed by atoms with E-state index in [-0.39, 0.29) is 11.9 Å². The molecule has 2 atom stereocenters. The molecule has 1 aromatic heterocycles. The lowest BCUT2D eigenvalue weighted by Crippen LogP contribution is -2.61. The van der Waals surface area contributed by atoms with Gasteiger partial charge in [0.15, 0.2) is 0 Å². The normalized spacial score (nSPS) is 23.2. The summed E-state index contributed by atoms with van der Waals surface area (Å²) < 4.78 is 39.9. The number of nitrogens with zero attached hydrogens (tertiary/aromatic N) is 4. The first-order valence-electron chi connectivity index (χ1n) is 10.7. The van der Waals surface area contributed by atoms with Crippen molar-refractivity contribution in [2.75, 3.05) is 36.0 Å². The topological polar surface area (TPSA) is 61.4 Å². The Labute approximate surface area is 178 Å². The Morgan fingerprint density at radius 2 is 1.94 bits per heavy atom. The number of alkyl halides is 3. The molecule has 1 saturated carbocycles. The summed E-state index contributed by atoms with van der Waals surface area (Å²) in [6.07, 6.45) is 1.50. The first kappa shape index (κ1) is 20.1. The number of carbonyl (C=O) groups excluding carboxylic acids is 1. The SMILES string of the molecule is O=C(NCC1CC1)[C@H]1Cc2cc(C(F)(F)F)ccc2N2CCN(c3ncccn3)C[C@@H]12. The van der Waals surface area contributed by atoms with Crippen LogP contribution in [0.25, 0.3) is 0 Å². The van der Waals surface area contributed by atoms with Gasteiger partial charge in [0, 0.05) is 44.3 Å². The summed E-state index contributed by atoms with van der Waals surface area (Å²) in [7, 11) is 0. The molecule has 5 rings (SSSR count). The van der Waals surface area contributed by atoms with E-state index in [0.717, 1.165) is 24.6 Å². The second-order valence-electron chi connectivity index (χ2n) is 8.60. The van der Waals surface area contributed by atoms with Gasteiger partial charge in [-0.25, -0.2) is 9.97 Å². The molecule has 0 bridgehead atoms. The molecule has 2 fully saturated rings. The zero-order chi connectivity index (χ0) is 21.6. The van der Waals surface area contributed by atoms with Crippen molar-refractivity contribution in [3.8, 4) is 0 Å². The molecule has 6 nitrogen and oxygen atoms in total. The quantitative estimate of drug-likeness (QED) is 0.807. The Morgan fingerprint density at radius 3 is 2.65 bits per heavy atom. The van der Waals surface area contributed by atoms with E-state index in [4.69, 9.17) is 0 Å². The highest BCUT2D eigenvalue weighted by atomic mass is 19.4. The molecule has 1 aromatic carbocycles. The third-order valence-electron chi connectivity index (χ3n) is 6.47. The standard InChI is InChI=1S/C22H24F3N5O/c23-22(24,25)16-4-5-18-15(10-16)11-17(20(31)28-12-14-2-3-14)19-13-29(8-9-30(18)19)21-26-6-1-7-27-21/h1,4-7,10,14,17,19H,2-3,8-9,11-13H2,(H,28,31)/t17-,19-/m0/s1. The second kappa shape index (κ2) is 7.69. The van der Waals surface area contributed by atoms with E-state index in [1.807, 2.05) is 0 Å². The van der Waals surface area contributed by atoms with Gasteiger partial charge in [-0.1, -0.05) is 0 Å². The molecule has 2 aromatic rings. The number of hydrogen-bond acceptors (Lipinski definition) is 5. The number of benzene rings is 1. The van der Waals surface area contributed by atoms with E-state index in [0.29, 0.717) is 50.0 Å². The van der Waals surface area contributed by atoms with Gasteiger partial charge in [0.1, 0.15) is 0 Å². The van der Waals surface area contributed by atoms with Crippen LogP contribution in [-0.2, 0) is 17.4 Å². The molecule has 1 aliphatic carbocycles. The third-order valence-corrected chi connectivity index (χ3v) is 6.47. The summed E-state index contributed by atoms with van der Waals surface area (Å²) in [6.45, 7) is 2.42. The molecule has 3 heterocycles. The zero-order valence-corrected chi connectivity index (χ0v) is 17.0. The fraction of sp³-hybridized carbons (Fsp3) is 0.500. The van der Waals surface area contributed by atoms with Crippen molar-refractivity contribution in [1.29, 1.82) is 0 Å². The summed E-state index contributed by atoms with van der Waals surface area (Å²) >= 11 is 0. The van der Waals surface area contributed by atoms with Crippen LogP contribution in [0, 0.1) is 11.8 Å². The van der Waals surface area contributed by atoms with Gasteiger partial charge in [0.2, 0.25) is 11.9 Å². The number of hydrogen-bond donors (Lipinski definition) is 1. The Hall–Kier alpha value is -2.84. The summed E-state index contributed by atoms with van der Waals surface area (Å²) in [5.41, 5.74) is 0.707. The predicted molar refractivity (Wildman–Crippen MR) is 110 cm³/mol. The fourth-order valence-corrected chi connectivity index (χ4v) is 4.63. The molecule has 1 amide bonds. The van der Waals surface area contributed by atoms with Crippen LogP contribution < -0.4 is 15.1 Å². The average Bonchev–Trinajstić information content (AvgIpc) is 3.60. The van der Waals surface area contributed by atoms with Crippen molar-refractivity contribution in [3.05, 3.63) is 47.8 Å². The van der Waals surface area contributed by atoms with Crippen molar-refractivity contribution in [2.45, 2.75) is 31.5 Å². The lowest BCUT2D eigenvalue weighted by atomic mass is 9.82. The van der Waals surface area contributed by atoms with Crippen molar-refractivity contribution < 1.29 is 18.0 Å². The summed E-state index contributed by atoms with van der Waals surface area (Å²) in [5.74, 6) is 0.632. The van der Waals surface area contributed by atoms with Crippen molar-refractivity contribution in [1.82, 2.24) is 15.3 Å². The van der Waals surface area contributed by atoms with Gasteiger partial charge >= 0.3 is 6.18 Å². The Bertz CT molecular complexity index is 963. The van der Waals surface area contributed by atoms with Gasteiger partial charge < -0.3 is 15.1 Å². The van der Waals surface area contributed by atoms with Crippen molar-refractivity contribution in [2.24, 2.45) is 11.8 Å². The number of rotatable bonds is 4. The minimum absolute atomic E-state index is 0.0826. The minimum atomic E-state index is -4.40. The minimum Gasteiger partial charge on any atom is -0.364 e. The molecule has 1 saturated heterocycles. The Morgan fingerprint density at radius 1 is 1.16 bits per heavy atom. The van der Waals surface area contributed by atoms with Gasteiger partial charge in [-0.05, 0) is 55.0 Å². The van der Waals surface area contributed by atoms with Crippen molar-refractivity contribution >= 4 is 17.5 Å². The summed E-state index contributed by atoms with van der Waals surface area (Å²) in [5, 5.41) is 3.04. The highest BCUT2D eigenvalue weighted by Crippen LogP contribution is 2.40. The fourth-order valence-electron chi connectivity index (χ4n) is 4.63. The van der Waals surface area contributed by atoms with E-state index in [1.54, 1.807) is 24.5 Å². The molecule has 0 unspecified atom stereocenters. The van der Waals surface area contributed by atoms with E-state index in [1.165, 1.54) is 6.07 Å². The molecule has 31 heavy (non-hydrogen) atoms. The number of nitrogens with one attached hydrogen (secondary N) is 1. The molecule has 164 valence electrons. The van der Waals surface area contributed by atoms with E-state index in [2.05, 4.69) is 25.1 Å². The van der Waals surface area contributed by atoms with Gasteiger partial charge in [-0.3, -0.25) is 4.79 Å². The number of aromatic nitrogens is 2. The van der Waals surface area contributed by atoms with Gasteiger partial charge in [-0.2, -0.15) is 13.2 Å². The molecule has 1 N–H and O–H groups in total. The Kier molecular flexibility index (Phi) is 4.98. The maximum Gasteiger partial charge on any atom is 0.416 e. The largest absolute Gasteiger partial charge is 0.416 e. The first-order valence-corrected chi connectivity index (χ1v) is 10.7. The van der Waals surface area contributed by atoms with Crippen LogP contribution in [-0.4, -0.2) is 48.1 Å². The highest BCUT2D eigenvalue weighted by Gasteiger charge is 2.43. The molecule has 0 spiro atoms. The number of halogens is 3. The first-order chi connectivity index (χ1) is 14.9. The summed E-state index contributed by atoms with van der Waals surface area (Å²) in [6, 6.07) is 5.50. The summed E-state index contributed by atoms with van der Waals surface area (Å²) in [4.78, 5) is 25.9. The monoisotopic (exact) mass is 431 g/mol. The van der Waals surface area contributed by atoms with Gasteiger partial charge in [0.25, 0.3) is 0 Å². The van der Waals surface area contributed by atoms with Gasteiger partial charge in [0.05, 0.1) is 17.5 Å². The molecule has 2 aliphatic heterocycles. The van der Waals surface area contributed by atoms with E-state index in [9.17, 15) is 18.0 Å².